The van der Waals surface area contributed by atoms with Gasteiger partial charge in [0.25, 0.3) is 0 Å². The summed E-state index contributed by atoms with van der Waals surface area (Å²) in [6, 6.07) is 8.46. The van der Waals surface area contributed by atoms with E-state index >= 15 is 0 Å². The maximum absolute atomic E-state index is 5.73. The number of nitrogen functional groups attached to an aromatic ring is 1. The molecule has 0 fully saturated rings. The number of fused-ring (bicyclic) bond motifs is 1. The average molecular weight is 268 g/mol. The van der Waals surface area contributed by atoms with Gasteiger partial charge in [0.1, 0.15) is 5.82 Å². The lowest BCUT2D eigenvalue weighted by atomic mass is 9.86. The molecule has 4 nitrogen and oxygen atoms in total. The van der Waals surface area contributed by atoms with Crippen LogP contribution in [0.2, 0.25) is 0 Å². The minimum Gasteiger partial charge on any atom is -0.382 e. The zero-order valence-electron chi connectivity index (χ0n) is 12.3. The molecule has 3 rings (SSSR count). The highest BCUT2D eigenvalue weighted by atomic mass is 15.2. The van der Waals surface area contributed by atoms with Gasteiger partial charge in [0, 0.05) is 28.2 Å². The molecule has 0 unspecified atom stereocenters. The molecular formula is C16H20N4. The molecule has 0 atom stereocenters. The summed E-state index contributed by atoms with van der Waals surface area (Å²) < 4.78 is 0. The Kier molecular flexibility index (Phi) is 2.64. The van der Waals surface area contributed by atoms with Gasteiger partial charge in [0.2, 0.25) is 0 Å². The van der Waals surface area contributed by atoms with Gasteiger partial charge in [-0.25, -0.2) is 0 Å². The molecule has 0 saturated carbocycles. The van der Waals surface area contributed by atoms with Crippen LogP contribution >= 0.6 is 0 Å². The molecule has 4 N–H and O–H groups in total. The van der Waals surface area contributed by atoms with Gasteiger partial charge in [-0.05, 0) is 30.0 Å². The number of hydrogen-bond donors (Lipinski definition) is 3. The number of hydrogen-bond acceptors (Lipinski definition) is 2. The van der Waals surface area contributed by atoms with E-state index in [2.05, 4.69) is 61.1 Å². The van der Waals surface area contributed by atoms with Gasteiger partial charge in [-0.3, -0.25) is 5.10 Å². The summed E-state index contributed by atoms with van der Waals surface area (Å²) >= 11 is 0. The molecule has 0 aliphatic heterocycles. The lowest BCUT2D eigenvalue weighted by molar-refractivity contribution is 0.591. The maximum Gasteiger partial charge on any atom is 0.145 e. The fourth-order valence-corrected chi connectivity index (χ4v) is 2.61. The van der Waals surface area contributed by atoms with Gasteiger partial charge in [-0.15, -0.1) is 0 Å². The van der Waals surface area contributed by atoms with E-state index in [0.29, 0.717) is 5.82 Å². The van der Waals surface area contributed by atoms with E-state index in [1.54, 1.807) is 0 Å². The number of rotatable bonds is 1. The Labute approximate surface area is 118 Å². The second-order valence-electron chi connectivity index (χ2n) is 6.34. The second kappa shape index (κ2) is 4.13. The average Bonchev–Trinajstić information content (AvgIpc) is 2.89. The Balaban J connectivity index is 2.28. The standard InChI is InChI=1S/C16H20N4/c1-9-15(13-8-14(17)20-19-13)11-7-10(16(2,3)4)5-6-12(11)18-9/h5-8,18H,1-4H3,(H3,17,19,20). The van der Waals surface area contributed by atoms with Crippen LogP contribution in [0.5, 0.6) is 0 Å². The van der Waals surface area contributed by atoms with Crippen molar-refractivity contribution in [2.24, 2.45) is 0 Å². The van der Waals surface area contributed by atoms with Crippen LogP contribution < -0.4 is 5.73 Å². The van der Waals surface area contributed by atoms with Crippen LogP contribution in [0.1, 0.15) is 32.0 Å². The summed E-state index contributed by atoms with van der Waals surface area (Å²) in [6.07, 6.45) is 0. The molecule has 104 valence electrons. The van der Waals surface area contributed by atoms with Gasteiger partial charge in [-0.2, -0.15) is 5.10 Å². The number of aryl methyl sites for hydroxylation is 1. The molecule has 2 aromatic heterocycles. The van der Waals surface area contributed by atoms with Crippen molar-refractivity contribution in [3.8, 4) is 11.3 Å². The highest BCUT2D eigenvalue weighted by Gasteiger charge is 2.17. The molecule has 0 bridgehead atoms. The highest BCUT2D eigenvalue weighted by molar-refractivity contribution is 5.97. The molecule has 0 saturated heterocycles. The minimum absolute atomic E-state index is 0.129. The zero-order chi connectivity index (χ0) is 14.5. The summed E-state index contributed by atoms with van der Waals surface area (Å²) in [7, 11) is 0. The first-order valence-electron chi connectivity index (χ1n) is 6.80. The van der Waals surface area contributed by atoms with Crippen LogP contribution in [-0.2, 0) is 5.41 Å². The predicted octanol–water partition coefficient (Wildman–Crippen LogP) is 3.75. The van der Waals surface area contributed by atoms with E-state index in [9.17, 15) is 0 Å². The van der Waals surface area contributed by atoms with Crippen molar-refractivity contribution in [3.63, 3.8) is 0 Å². The lowest BCUT2D eigenvalue weighted by Gasteiger charge is -2.19. The fourth-order valence-electron chi connectivity index (χ4n) is 2.61. The number of benzene rings is 1. The lowest BCUT2D eigenvalue weighted by Crippen LogP contribution is -2.10. The first-order valence-corrected chi connectivity index (χ1v) is 6.80. The number of H-pyrrole nitrogens is 2. The number of anilines is 1. The topological polar surface area (TPSA) is 70.5 Å². The fraction of sp³-hybridized carbons (Fsp3) is 0.312. The van der Waals surface area contributed by atoms with E-state index in [-0.39, 0.29) is 5.41 Å². The molecule has 0 aliphatic carbocycles. The molecule has 0 aliphatic rings. The van der Waals surface area contributed by atoms with Gasteiger partial charge in [0.15, 0.2) is 0 Å². The maximum atomic E-state index is 5.73. The summed E-state index contributed by atoms with van der Waals surface area (Å²) in [4.78, 5) is 3.42. The van der Waals surface area contributed by atoms with Crippen LogP contribution in [0.15, 0.2) is 24.3 Å². The largest absolute Gasteiger partial charge is 0.382 e. The molecule has 0 spiro atoms. The van der Waals surface area contributed by atoms with Crippen LogP contribution in [0.4, 0.5) is 5.82 Å². The number of aromatic nitrogens is 3. The monoisotopic (exact) mass is 268 g/mol. The Morgan fingerprint density at radius 3 is 2.50 bits per heavy atom. The zero-order valence-corrected chi connectivity index (χ0v) is 12.3. The Hall–Kier alpha value is -2.23. The molecule has 4 heteroatoms. The first kappa shape index (κ1) is 12.8. The van der Waals surface area contributed by atoms with Crippen molar-refractivity contribution in [1.29, 1.82) is 0 Å². The van der Waals surface area contributed by atoms with Gasteiger partial charge in [0.05, 0.1) is 5.69 Å². The molecule has 3 aromatic rings. The first-order chi connectivity index (χ1) is 9.36. The number of aromatic amines is 2. The number of nitrogens with one attached hydrogen (secondary N) is 2. The third-order valence-corrected chi connectivity index (χ3v) is 3.72. The molecule has 0 amide bonds. The van der Waals surface area contributed by atoms with Crippen LogP contribution in [0, 0.1) is 6.92 Å². The van der Waals surface area contributed by atoms with E-state index in [1.807, 2.05) is 6.07 Å². The Morgan fingerprint density at radius 2 is 1.90 bits per heavy atom. The number of nitrogens with zero attached hydrogens (tertiary/aromatic N) is 1. The van der Waals surface area contributed by atoms with Crippen molar-refractivity contribution < 1.29 is 0 Å². The van der Waals surface area contributed by atoms with Gasteiger partial charge >= 0.3 is 0 Å². The van der Waals surface area contributed by atoms with E-state index < -0.39 is 0 Å². The van der Waals surface area contributed by atoms with Crippen LogP contribution in [0.25, 0.3) is 22.2 Å². The summed E-state index contributed by atoms with van der Waals surface area (Å²) in [6.45, 7) is 8.74. The van der Waals surface area contributed by atoms with Gasteiger partial charge in [-0.1, -0.05) is 26.8 Å². The second-order valence-corrected chi connectivity index (χ2v) is 6.34. The van der Waals surface area contributed by atoms with Crippen molar-refractivity contribution in [2.45, 2.75) is 33.1 Å². The Morgan fingerprint density at radius 1 is 1.15 bits per heavy atom. The minimum atomic E-state index is 0.129. The highest BCUT2D eigenvalue weighted by Crippen LogP contribution is 2.34. The SMILES string of the molecule is Cc1[nH]c2ccc(C(C)(C)C)cc2c1-c1cc(N)n[nH]1. The molecule has 0 radical (unpaired) electrons. The van der Waals surface area contributed by atoms with E-state index in [0.717, 1.165) is 22.5 Å². The third kappa shape index (κ3) is 1.97. The van der Waals surface area contributed by atoms with Gasteiger partial charge < -0.3 is 10.7 Å². The third-order valence-electron chi connectivity index (χ3n) is 3.72. The predicted molar refractivity (Wildman–Crippen MR) is 83.7 cm³/mol. The van der Waals surface area contributed by atoms with Crippen molar-refractivity contribution in [3.05, 3.63) is 35.5 Å². The number of nitrogens with two attached hydrogens (primary N) is 1. The molecular weight excluding hydrogens is 248 g/mol. The van der Waals surface area contributed by atoms with Crippen molar-refractivity contribution in [2.75, 3.05) is 5.73 Å². The molecule has 20 heavy (non-hydrogen) atoms. The van der Waals surface area contributed by atoms with Crippen molar-refractivity contribution in [1.82, 2.24) is 15.2 Å². The van der Waals surface area contributed by atoms with Crippen molar-refractivity contribution >= 4 is 16.7 Å². The quantitative estimate of drug-likeness (QED) is 0.629. The van der Waals surface area contributed by atoms with E-state index in [4.69, 9.17) is 5.73 Å². The van der Waals surface area contributed by atoms with Crippen LogP contribution in [0.3, 0.4) is 0 Å². The Bertz CT molecular complexity index is 771. The summed E-state index contributed by atoms with van der Waals surface area (Å²) in [5.74, 6) is 0.515. The van der Waals surface area contributed by atoms with E-state index in [1.165, 1.54) is 10.9 Å². The summed E-state index contributed by atoms with van der Waals surface area (Å²) in [5.41, 5.74) is 11.5. The normalized spacial score (nSPS) is 12.2. The van der Waals surface area contributed by atoms with Crippen LogP contribution in [-0.4, -0.2) is 15.2 Å². The summed E-state index contributed by atoms with van der Waals surface area (Å²) in [5, 5.41) is 8.24. The molecule has 1 aromatic carbocycles. The smallest absolute Gasteiger partial charge is 0.145 e. The molecule has 2 heterocycles.